The lowest BCUT2D eigenvalue weighted by Crippen LogP contribution is -2.42. The molecule has 5 nitrogen and oxygen atoms in total. The van der Waals surface area contributed by atoms with Crippen LogP contribution >= 0.6 is 24.0 Å². The molecule has 1 aliphatic heterocycles. The fourth-order valence-electron chi connectivity index (χ4n) is 2.47. The number of nitrogens with zero attached hydrogens (tertiary/aromatic N) is 2. The third-order valence-corrected chi connectivity index (χ3v) is 3.58. The minimum Gasteiger partial charge on any atom is -0.492 e. The van der Waals surface area contributed by atoms with Crippen molar-refractivity contribution in [3.8, 4) is 5.75 Å². The highest BCUT2D eigenvalue weighted by Crippen LogP contribution is 2.13. The molecule has 2 rings (SSSR count). The van der Waals surface area contributed by atoms with Crippen LogP contribution in [0.25, 0.3) is 0 Å². The van der Waals surface area contributed by atoms with Crippen LogP contribution in [0.4, 0.5) is 4.39 Å². The van der Waals surface area contributed by atoms with Gasteiger partial charge in [0.25, 0.3) is 0 Å². The van der Waals surface area contributed by atoms with Gasteiger partial charge in [-0.3, -0.25) is 4.99 Å². The summed E-state index contributed by atoms with van der Waals surface area (Å²) in [6, 6.07) is 6.15. The minimum atomic E-state index is -0.292. The maximum atomic E-state index is 13.0. The smallest absolute Gasteiger partial charge is 0.193 e. The molecule has 1 aromatic carbocycles. The predicted octanol–water partition coefficient (Wildman–Crippen LogP) is 2.37. The topological polar surface area (TPSA) is 46.1 Å². The summed E-state index contributed by atoms with van der Waals surface area (Å²) < 4.78 is 23.9. The van der Waals surface area contributed by atoms with E-state index in [9.17, 15) is 4.39 Å². The zero-order chi connectivity index (χ0) is 15.8. The number of nitrogens with one attached hydrogen (secondary N) is 1. The van der Waals surface area contributed by atoms with Gasteiger partial charge in [-0.2, -0.15) is 0 Å². The van der Waals surface area contributed by atoms with Gasteiger partial charge in [-0.1, -0.05) is 6.07 Å². The molecule has 0 amide bonds. The summed E-state index contributed by atoms with van der Waals surface area (Å²) in [7, 11) is 3.78. The summed E-state index contributed by atoms with van der Waals surface area (Å²) in [5.74, 6) is 1.63. The number of halogens is 2. The van der Waals surface area contributed by atoms with Gasteiger partial charge in [0, 0.05) is 39.2 Å². The summed E-state index contributed by atoms with van der Waals surface area (Å²) in [6.45, 7) is 3.65. The van der Waals surface area contributed by atoms with Crippen LogP contribution in [-0.2, 0) is 4.74 Å². The lowest BCUT2D eigenvalue weighted by molar-refractivity contribution is 0.181. The molecular formula is C16H25FIN3O2. The Morgan fingerprint density at radius 3 is 3.00 bits per heavy atom. The van der Waals surface area contributed by atoms with Crippen molar-refractivity contribution in [2.24, 2.45) is 10.9 Å². The van der Waals surface area contributed by atoms with Crippen LogP contribution in [0.5, 0.6) is 5.75 Å². The van der Waals surface area contributed by atoms with Gasteiger partial charge >= 0.3 is 0 Å². The van der Waals surface area contributed by atoms with Gasteiger partial charge in [-0.15, -0.1) is 24.0 Å². The fraction of sp³-hybridized carbons (Fsp3) is 0.562. The van der Waals surface area contributed by atoms with Gasteiger partial charge in [0.1, 0.15) is 18.2 Å². The number of rotatable bonds is 6. The van der Waals surface area contributed by atoms with E-state index in [1.807, 2.05) is 7.05 Å². The Bertz CT molecular complexity index is 496. The van der Waals surface area contributed by atoms with E-state index >= 15 is 0 Å². The number of hydrogen-bond acceptors (Lipinski definition) is 3. The van der Waals surface area contributed by atoms with Crippen molar-refractivity contribution in [2.45, 2.75) is 6.42 Å². The summed E-state index contributed by atoms with van der Waals surface area (Å²) >= 11 is 0. The second-order valence-corrected chi connectivity index (χ2v) is 5.39. The van der Waals surface area contributed by atoms with Crippen molar-refractivity contribution in [2.75, 3.05) is 47.0 Å². The molecule has 1 saturated heterocycles. The maximum absolute atomic E-state index is 13.0. The monoisotopic (exact) mass is 437 g/mol. The summed E-state index contributed by atoms with van der Waals surface area (Å²) in [4.78, 5) is 6.36. The number of benzene rings is 1. The van der Waals surface area contributed by atoms with Gasteiger partial charge in [0.2, 0.25) is 0 Å². The third kappa shape index (κ3) is 6.90. The Labute approximate surface area is 154 Å². The van der Waals surface area contributed by atoms with Crippen molar-refractivity contribution in [1.29, 1.82) is 0 Å². The molecule has 1 fully saturated rings. The average Bonchev–Trinajstić information content (AvgIpc) is 3.00. The molecular weight excluding hydrogens is 412 g/mol. The molecule has 1 aliphatic rings. The molecule has 130 valence electrons. The molecule has 1 N–H and O–H groups in total. The molecule has 1 heterocycles. The standard InChI is InChI=1S/C16H24FN3O2.HI/c1-18-16(20(2)11-13-6-8-21-12-13)19-7-9-22-15-5-3-4-14(17)10-15;/h3-5,10,13H,6-9,11-12H2,1-2H3,(H,18,19);1H. The van der Waals surface area contributed by atoms with E-state index in [2.05, 4.69) is 15.2 Å². The second-order valence-electron chi connectivity index (χ2n) is 5.39. The SMILES string of the molecule is CN=C(NCCOc1cccc(F)c1)N(C)CC1CCOC1.I. The van der Waals surface area contributed by atoms with E-state index in [0.29, 0.717) is 24.8 Å². The molecule has 0 aliphatic carbocycles. The van der Waals surface area contributed by atoms with E-state index < -0.39 is 0 Å². The van der Waals surface area contributed by atoms with Crippen molar-refractivity contribution in [3.63, 3.8) is 0 Å². The van der Waals surface area contributed by atoms with Crippen LogP contribution in [-0.4, -0.2) is 57.9 Å². The first-order valence-corrected chi connectivity index (χ1v) is 7.57. The van der Waals surface area contributed by atoms with Crippen molar-refractivity contribution in [1.82, 2.24) is 10.2 Å². The first kappa shape index (κ1) is 20.0. The molecule has 0 radical (unpaired) electrons. The zero-order valence-electron chi connectivity index (χ0n) is 13.6. The van der Waals surface area contributed by atoms with Gasteiger partial charge in [-0.25, -0.2) is 4.39 Å². The normalized spacial score (nSPS) is 17.5. The highest BCUT2D eigenvalue weighted by molar-refractivity contribution is 14.0. The lowest BCUT2D eigenvalue weighted by Gasteiger charge is -2.24. The molecule has 1 aromatic rings. The largest absolute Gasteiger partial charge is 0.492 e. The van der Waals surface area contributed by atoms with Crippen molar-refractivity contribution >= 4 is 29.9 Å². The fourth-order valence-corrected chi connectivity index (χ4v) is 2.47. The number of ether oxygens (including phenoxy) is 2. The maximum Gasteiger partial charge on any atom is 0.193 e. The molecule has 7 heteroatoms. The van der Waals surface area contributed by atoms with Gasteiger partial charge in [-0.05, 0) is 18.6 Å². The van der Waals surface area contributed by atoms with Gasteiger partial charge < -0.3 is 19.7 Å². The first-order valence-electron chi connectivity index (χ1n) is 7.57. The van der Waals surface area contributed by atoms with Crippen molar-refractivity contribution in [3.05, 3.63) is 30.1 Å². The Balaban J connectivity index is 0.00000264. The molecule has 23 heavy (non-hydrogen) atoms. The predicted molar refractivity (Wildman–Crippen MR) is 100 cm³/mol. The number of guanidine groups is 1. The van der Waals surface area contributed by atoms with Crippen LogP contribution in [0, 0.1) is 11.7 Å². The third-order valence-electron chi connectivity index (χ3n) is 3.58. The molecule has 0 aromatic heterocycles. The van der Waals surface area contributed by atoms with E-state index in [0.717, 1.165) is 32.1 Å². The highest BCUT2D eigenvalue weighted by atomic mass is 127. The van der Waals surface area contributed by atoms with E-state index in [1.54, 1.807) is 19.2 Å². The number of hydrogen-bond donors (Lipinski definition) is 1. The Hall–Kier alpha value is -1.09. The van der Waals surface area contributed by atoms with Gasteiger partial charge in [0.05, 0.1) is 13.2 Å². The lowest BCUT2D eigenvalue weighted by atomic mass is 10.1. The second kappa shape index (κ2) is 10.6. The van der Waals surface area contributed by atoms with E-state index in [1.165, 1.54) is 12.1 Å². The number of aliphatic imine (C=N–C) groups is 1. The van der Waals surface area contributed by atoms with Gasteiger partial charge in [0.15, 0.2) is 5.96 Å². The highest BCUT2D eigenvalue weighted by Gasteiger charge is 2.18. The summed E-state index contributed by atoms with van der Waals surface area (Å²) in [6.07, 6.45) is 1.10. The minimum absolute atomic E-state index is 0. The van der Waals surface area contributed by atoms with Crippen molar-refractivity contribution < 1.29 is 13.9 Å². The quantitative estimate of drug-likeness (QED) is 0.321. The zero-order valence-corrected chi connectivity index (χ0v) is 16.0. The van der Waals surface area contributed by atoms with E-state index in [-0.39, 0.29) is 29.8 Å². The molecule has 1 unspecified atom stereocenters. The van der Waals surface area contributed by atoms with Crippen LogP contribution in [0.2, 0.25) is 0 Å². The molecule has 0 bridgehead atoms. The van der Waals surface area contributed by atoms with Crippen LogP contribution in [0.15, 0.2) is 29.3 Å². The Morgan fingerprint density at radius 1 is 1.52 bits per heavy atom. The Kier molecular flexibility index (Phi) is 9.23. The van der Waals surface area contributed by atoms with Crippen LogP contribution in [0.3, 0.4) is 0 Å². The Morgan fingerprint density at radius 2 is 2.35 bits per heavy atom. The summed E-state index contributed by atoms with van der Waals surface area (Å²) in [5, 5.41) is 3.24. The average molecular weight is 437 g/mol. The van der Waals surface area contributed by atoms with Crippen LogP contribution in [0.1, 0.15) is 6.42 Å². The molecule has 0 spiro atoms. The first-order chi connectivity index (χ1) is 10.7. The molecule has 0 saturated carbocycles. The van der Waals surface area contributed by atoms with E-state index in [4.69, 9.17) is 9.47 Å². The van der Waals surface area contributed by atoms with Crippen LogP contribution < -0.4 is 10.1 Å². The summed E-state index contributed by atoms with van der Waals surface area (Å²) in [5.41, 5.74) is 0. The molecule has 1 atom stereocenters.